The molecule has 3 N–H and O–H groups in total. The Morgan fingerprint density at radius 3 is 3.00 bits per heavy atom. The third-order valence-electron chi connectivity index (χ3n) is 2.13. The van der Waals surface area contributed by atoms with Crippen molar-refractivity contribution in [1.82, 2.24) is 5.43 Å². The van der Waals surface area contributed by atoms with Gasteiger partial charge < -0.3 is 5.73 Å². The van der Waals surface area contributed by atoms with E-state index in [0.717, 1.165) is 5.69 Å². The molecule has 0 atom stereocenters. The summed E-state index contributed by atoms with van der Waals surface area (Å²) in [5, 5.41) is 1.87. The summed E-state index contributed by atoms with van der Waals surface area (Å²) < 4.78 is 12.4. The predicted molar refractivity (Wildman–Crippen MR) is 54.0 cm³/mol. The van der Waals surface area contributed by atoms with Crippen molar-refractivity contribution in [3.8, 4) is 0 Å². The highest BCUT2D eigenvalue weighted by Gasteiger charge is 2.11. The summed E-state index contributed by atoms with van der Waals surface area (Å²) in [5.74, 6) is 0.635. The third kappa shape index (κ3) is 1.64. The van der Waals surface area contributed by atoms with Gasteiger partial charge in [-0.3, -0.25) is 10.4 Å². The van der Waals surface area contributed by atoms with E-state index in [1.54, 1.807) is 12.1 Å². The van der Waals surface area contributed by atoms with Crippen LogP contribution in [0.25, 0.3) is 0 Å². The molecule has 0 unspecified atom stereocenters. The normalized spacial score (nSPS) is 15.2. The van der Waals surface area contributed by atoms with Gasteiger partial charge in [-0.15, -0.1) is 0 Å². The number of hydrogen-bond acceptors (Lipinski definition) is 3. The van der Waals surface area contributed by atoms with Crippen molar-refractivity contribution < 1.29 is 4.39 Å². The van der Waals surface area contributed by atoms with Gasteiger partial charge in [0.25, 0.3) is 0 Å². The minimum Gasteiger partial charge on any atom is -0.384 e. The fourth-order valence-electron chi connectivity index (χ4n) is 1.41. The van der Waals surface area contributed by atoms with Crippen LogP contribution in [0.1, 0.15) is 5.56 Å². The zero-order valence-electron chi connectivity index (χ0n) is 7.70. The Kier molecular flexibility index (Phi) is 2.26. The van der Waals surface area contributed by atoms with E-state index < -0.39 is 6.67 Å². The van der Waals surface area contributed by atoms with E-state index in [-0.39, 0.29) is 0 Å². The second-order valence-electron chi connectivity index (χ2n) is 3.19. The van der Waals surface area contributed by atoms with Crippen molar-refractivity contribution in [3.63, 3.8) is 0 Å². The Hall–Kier alpha value is -1.71. The lowest BCUT2D eigenvalue weighted by Crippen LogP contribution is -2.33. The van der Waals surface area contributed by atoms with E-state index in [4.69, 9.17) is 5.73 Å². The van der Waals surface area contributed by atoms with Gasteiger partial charge in [0.15, 0.2) is 0 Å². The number of nitrogens with one attached hydrogen (secondary N) is 1. The molecule has 14 heavy (non-hydrogen) atoms. The maximum Gasteiger partial charge on any atom is 0.115 e. The first-order valence-electron chi connectivity index (χ1n) is 4.44. The molecular weight excluding hydrogens is 181 g/mol. The fourth-order valence-corrected chi connectivity index (χ4v) is 1.41. The van der Waals surface area contributed by atoms with Crippen LogP contribution in [-0.4, -0.2) is 6.54 Å². The highest BCUT2D eigenvalue weighted by Crippen LogP contribution is 2.17. The summed E-state index contributed by atoms with van der Waals surface area (Å²) in [4.78, 5) is 0. The minimum absolute atomic E-state index is 0.440. The van der Waals surface area contributed by atoms with Gasteiger partial charge in [-0.2, -0.15) is 0 Å². The predicted octanol–water partition coefficient (Wildman–Crippen LogP) is 1.28. The van der Waals surface area contributed by atoms with Gasteiger partial charge in [-0.1, -0.05) is 12.1 Å². The second-order valence-corrected chi connectivity index (χ2v) is 3.19. The quantitative estimate of drug-likeness (QED) is 0.743. The van der Waals surface area contributed by atoms with Crippen molar-refractivity contribution in [2.24, 2.45) is 5.73 Å². The molecule has 0 radical (unpaired) electrons. The molecule has 1 heterocycles. The molecule has 1 aromatic carbocycles. The van der Waals surface area contributed by atoms with Crippen LogP contribution in [0.3, 0.4) is 0 Å². The molecule has 0 amide bonds. The third-order valence-corrected chi connectivity index (χ3v) is 2.13. The van der Waals surface area contributed by atoms with Gasteiger partial charge in [-0.25, -0.2) is 4.39 Å². The number of nitrogens with zero attached hydrogens (tertiary/aromatic N) is 1. The molecule has 1 aliphatic rings. The van der Waals surface area contributed by atoms with Crippen molar-refractivity contribution in [2.75, 3.05) is 11.6 Å². The summed E-state index contributed by atoms with van der Waals surface area (Å²) in [5.41, 5.74) is 10.1. The maximum absolute atomic E-state index is 12.4. The van der Waals surface area contributed by atoms with Crippen molar-refractivity contribution in [1.29, 1.82) is 0 Å². The first-order chi connectivity index (χ1) is 6.79. The molecule has 1 aliphatic heterocycles. The van der Waals surface area contributed by atoms with Crippen LogP contribution in [0, 0.1) is 0 Å². The Morgan fingerprint density at radius 1 is 1.50 bits per heavy atom. The van der Waals surface area contributed by atoms with E-state index >= 15 is 0 Å². The largest absolute Gasteiger partial charge is 0.384 e. The van der Waals surface area contributed by atoms with Gasteiger partial charge >= 0.3 is 0 Å². The molecule has 0 spiro atoms. The molecule has 74 valence electrons. The van der Waals surface area contributed by atoms with E-state index in [1.807, 2.05) is 23.2 Å². The SMILES string of the molecule is NC1=CCN(c2cccc(CF)c2)N1. The smallest absolute Gasteiger partial charge is 0.115 e. The number of benzene rings is 1. The molecule has 4 heteroatoms. The summed E-state index contributed by atoms with van der Waals surface area (Å²) in [6.45, 7) is 0.270. The van der Waals surface area contributed by atoms with Gasteiger partial charge in [0, 0.05) is 0 Å². The molecule has 2 rings (SSSR count). The van der Waals surface area contributed by atoms with E-state index in [0.29, 0.717) is 17.9 Å². The Balaban J connectivity index is 2.17. The van der Waals surface area contributed by atoms with Gasteiger partial charge in [0.1, 0.15) is 12.5 Å². The van der Waals surface area contributed by atoms with Crippen molar-refractivity contribution in [2.45, 2.75) is 6.67 Å². The van der Waals surface area contributed by atoms with Crippen molar-refractivity contribution >= 4 is 5.69 Å². The highest BCUT2D eigenvalue weighted by atomic mass is 19.1. The van der Waals surface area contributed by atoms with Crippen molar-refractivity contribution in [3.05, 3.63) is 41.7 Å². The maximum atomic E-state index is 12.4. The first-order valence-corrected chi connectivity index (χ1v) is 4.44. The van der Waals surface area contributed by atoms with Crippen LogP contribution in [0.5, 0.6) is 0 Å². The monoisotopic (exact) mass is 193 g/mol. The summed E-state index contributed by atoms with van der Waals surface area (Å²) in [6, 6.07) is 7.31. The Labute approximate surface area is 82.0 Å². The highest BCUT2D eigenvalue weighted by molar-refractivity contribution is 5.50. The molecule has 0 fully saturated rings. The minimum atomic E-state index is -0.440. The van der Waals surface area contributed by atoms with Crippen LogP contribution in [0.4, 0.5) is 10.1 Å². The van der Waals surface area contributed by atoms with E-state index in [1.165, 1.54) is 0 Å². The standard InChI is InChI=1S/C10H12FN3/c11-7-8-2-1-3-9(6-8)14-5-4-10(12)13-14/h1-4,6,13H,5,7,12H2. The Morgan fingerprint density at radius 2 is 2.36 bits per heavy atom. The fraction of sp³-hybridized carbons (Fsp3) is 0.200. The van der Waals surface area contributed by atoms with Gasteiger partial charge in [-0.05, 0) is 23.8 Å². The van der Waals surface area contributed by atoms with Crippen LogP contribution < -0.4 is 16.2 Å². The van der Waals surface area contributed by atoms with Crippen LogP contribution in [0.15, 0.2) is 36.2 Å². The topological polar surface area (TPSA) is 41.3 Å². The first kappa shape index (κ1) is 8.87. The second kappa shape index (κ2) is 3.57. The lowest BCUT2D eigenvalue weighted by molar-refractivity contribution is 0.485. The number of halogens is 1. The average molecular weight is 193 g/mol. The summed E-state index contributed by atoms with van der Waals surface area (Å²) in [7, 11) is 0. The zero-order chi connectivity index (χ0) is 9.97. The molecule has 0 saturated carbocycles. The molecule has 0 bridgehead atoms. The molecule has 3 nitrogen and oxygen atoms in total. The summed E-state index contributed by atoms with van der Waals surface area (Å²) >= 11 is 0. The molecule has 1 aromatic rings. The number of nitrogens with two attached hydrogens (primary N) is 1. The number of hydrazine groups is 1. The number of anilines is 1. The average Bonchev–Trinajstić information content (AvgIpc) is 2.65. The molecule has 0 aliphatic carbocycles. The Bertz CT molecular complexity index is 362. The van der Waals surface area contributed by atoms with Gasteiger partial charge in [0.05, 0.1) is 12.2 Å². The molecular formula is C10H12FN3. The molecule has 0 saturated heterocycles. The lowest BCUT2D eigenvalue weighted by atomic mass is 10.2. The number of alkyl halides is 1. The van der Waals surface area contributed by atoms with Crippen LogP contribution in [-0.2, 0) is 6.67 Å². The number of hydrogen-bond donors (Lipinski definition) is 2. The van der Waals surface area contributed by atoms with Crippen LogP contribution >= 0.6 is 0 Å². The number of rotatable bonds is 2. The molecule has 0 aromatic heterocycles. The summed E-state index contributed by atoms with van der Waals surface area (Å²) in [6.07, 6.45) is 1.88. The zero-order valence-corrected chi connectivity index (χ0v) is 7.70. The lowest BCUT2D eigenvalue weighted by Gasteiger charge is -2.19. The van der Waals surface area contributed by atoms with Crippen LogP contribution in [0.2, 0.25) is 0 Å². The van der Waals surface area contributed by atoms with E-state index in [2.05, 4.69) is 5.43 Å². The van der Waals surface area contributed by atoms with E-state index in [9.17, 15) is 4.39 Å². The van der Waals surface area contributed by atoms with Gasteiger partial charge in [0.2, 0.25) is 0 Å².